The van der Waals surface area contributed by atoms with Crippen molar-refractivity contribution in [2.45, 2.75) is 31.7 Å². The number of alkyl halides is 1. The number of aryl methyl sites for hydroxylation is 1. The Morgan fingerprint density at radius 2 is 2.31 bits per heavy atom. The molecule has 35 heavy (non-hydrogen) atoms. The van der Waals surface area contributed by atoms with Crippen LogP contribution in [0, 0.1) is 0 Å². The van der Waals surface area contributed by atoms with Gasteiger partial charge in [-0.05, 0) is 25.0 Å². The smallest absolute Gasteiger partial charge is 0.292 e. The zero-order valence-electron chi connectivity index (χ0n) is 19.3. The standard InChI is InChI=1S/C23H26FN8O2P/c1-13-4-3-8-32(25)16(13)5-6-17-18-15(26-12-27-18)7-9-31(17)23(33)20-19(21(24)35)29-22(34-20)14-10-28-30(2)11-14/h3-5,8,10-12,17,21H,6-7,9,25,35H2,1-2H3,(H,26,27)/b16-5-/t17-,21?/m0/s1. The minimum absolute atomic E-state index is 0.0619. The van der Waals surface area contributed by atoms with Gasteiger partial charge in [-0.1, -0.05) is 21.4 Å². The third-order valence-electron chi connectivity index (χ3n) is 6.18. The molecule has 5 heterocycles. The average Bonchev–Trinajstić information content (AvgIpc) is 3.57. The summed E-state index contributed by atoms with van der Waals surface area (Å²) < 4.78 is 21.9. The molecule has 2 aliphatic rings. The number of aromatic amines is 1. The summed E-state index contributed by atoms with van der Waals surface area (Å²) in [5.41, 5.74) is 4.09. The Balaban J connectivity index is 1.50. The third-order valence-corrected chi connectivity index (χ3v) is 6.49. The van der Waals surface area contributed by atoms with Crippen LogP contribution in [0.25, 0.3) is 11.5 Å². The van der Waals surface area contributed by atoms with Crippen molar-refractivity contribution in [3.05, 3.63) is 77.3 Å². The number of aromatic nitrogens is 5. The molecule has 0 aliphatic carbocycles. The summed E-state index contributed by atoms with van der Waals surface area (Å²) >= 11 is 0. The van der Waals surface area contributed by atoms with Crippen LogP contribution in [0.1, 0.15) is 52.9 Å². The number of allylic oxidation sites excluding steroid dienone is 3. The first-order chi connectivity index (χ1) is 16.8. The van der Waals surface area contributed by atoms with Crippen molar-refractivity contribution in [2.75, 3.05) is 6.54 Å². The number of nitrogens with two attached hydrogens (primary N) is 1. The lowest BCUT2D eigenvalue weighted by molar-refractivity contribution is 0.0622. The summed E-state index contributed by atoms with van der Waals surface area (Å²) in [5.74, 6) is 4.13. The first kappa shape index (κ1) is 23.2. The van der Waals surface area contributed by atoms with Crippen molar-refractivity contribution < 1.29 is 13.6 Å². The summed E-state index contributed by atoms with van der Waals surface area (Å²) in [6, 6.07) is -0.389. The van der Waals surface area contributed by atoms with E-state index in [0.29, 0.717) is 24.9 Å². The lowest BCUT2D eigenvalue weighted by Gasteiger charge is -2.34. The fourth-order valence-electron chi connectivity index (χ4n) is 4.43. The van der Waals surface area contributed by atoms with Crippen molar-refractivity contribution in [3.8, 4) is 11.5 Å². The van der Waals surface area contributed by atoms with Crippen LogP contribution >= 0.6 is 9.24 Å². The van der Waals surface area contributed by atoms with Crippen molar-refractivity contribution >= 4 is 15.1 Å². The van der Waals surface area contributed by atoms with E-state index in [1.54, 1.807) is 46.6 Å². The molecule has 0 radical (unpaired) electrons. The van der Waals surface area contributed by atoms with Gasteiger partial charge in [0.15, 0.2) is 5.91 Å². The zero-order valence-corrected chi connectivity index (χ0v) is 20.5. The van der Waals surface area contributed by atoms with Gasteiger partial charge in [0.25, 0.3) is 5.91 Å². The van der Waals surface area contributed by atoms with Gasteiger partial charge >= 0.3 is 0 Å². The molecule has 0 saturated heterocycles. The number of hydrogen-bond acceptors (Lipinski definition) is 7. The maximum absolute atomic E-state index is 14.5. The molecule has 0 aromatic carbocycles. The molecule has 5 rings (SSSR count). The molecule has 10 nitrogen and oxygen atoms in total. The van der Waals surface area contributed by atoms with E-state index < -0.39 is 11.8 Å². The quantitative estimate of drug-likeness (QED) is 0.411. The van der Waals surface area contributed by atoms with E-state index >= 15 is 0 Å². The van der Waals surface area contributed by atoms with Gasteiger partial charge in [-0.25, -0.2) is 20.2 Å². The van der Waals surface area contributed by atoms with Gasteiger partial charge in [0.1, 0.15) is 5.69 Å². The van der Waals surface area contributed by atoms with E-state index in [1.165, 1.54) is 0 Å². The number of oxazole rings is 1. The van der Waals surface area contributed by atoms with Crippen LogP contribution in [-0.4, -0.2) is 47.1 Å². The maximum atomic E-state index is 14.5. The number of nitrogens with one attached hydrogen (secondary N) is 1. The molecule has 12 heteroatoms. The minimum atomic E-state index is -1.57. The fourth-order valence-corrected chi connectivity index (χ4v) is 4.66. The molecule has 2 unspecified atom stereocenters. The summed E-state index contributed by atoms with van der Waals surface area (Å²) in [6.07, 6.45) is 13.5. The SMILES string of the molecule is CC1=CC=CN(N)/C1=C\C[C@H]1c2nc[nH]c2CCN1C(=O)c1oc(-c2cnn(C)c2)nc1C(F)P. The molecule has 3 aromatic rings. The zero-order chi connectivity index (χ0) is 24.7. The molecule has 3 aromatic heterocycles. The predicted octanol–water partition coefficient (Wildman–Crippen LogP) is 3.30. The molecule has 0 fully saturated rings. The van der Waals surface area contributed by atoms with Crippen LogP contribution < -0.4 is 5.84 Å². The number of H-pyrrole nitrogens is 1. The van der Waals surface area contributed by atoms with Gasteiger partial charge in [-0.3, -0.25) is 14.5 Å². The van der Waals surface area contributed by atoms with Crippen molar-refractivity contribution in [2.24, 2.45) is 12.9 Å². The van der Waals surface area contributed by atoms with E-state index in [9.17, 15) is 9.18 Å². The van der Waals surface area contributed by atoms with Gasteiger partial charge in [-0.2, -0.15) is 5.10 Å². The van der Waals surface area contributed by atoms with Gasteiger partial charge in [0.05, 0.1) is 35.5 Å². The number of carbonyl (C=O) groups is 1. The van der Waals surface area contributed by atoms with Crippen LogP contribution in [0.4, 0.5) is 4.39 Å². The molecule has 3 N–H and O–H groups in total. The Morgan fingerprint density at radius 3 is 3.03 bits per heavy atom. The molecule has 1 amide bonds. The number of amides is 1. The first-order valence-electron chi connectivity index (χ1n) is 11.2. The lowest BCUT2D eigenvalue weighted by atomic mass is 9.97. The minimum Gasteiger partial charge on any atom is -0.430 e. The third kappa shape index (κ3) is 4.33. The highest BCUT2D eigenvalue weighted by atomic mass is 31.0. The number of rotatable bonds is 5. The monoisotopic (exact) mass is 496 g/mol. The van der Waals surface area contributed by atoms with E-state index in [1.807, 2.05) is 34.4 Å². The Kier molecular flexibility index (Phi) is 6.12. The highest BCUT2D eigenvalue weighted by Gasteiger charge is 2.37. The number of nitrogens with zero attached hydrogens (tertiary/aromatic N) is 6. The molecule has 0 spiro atoms. The topological polar surface area (TPSA) is 122 Å². The number of carbonyl (C=O) groups excluding carboxylic acids is 1. The van der Waals surface area contributed by atoms with E-state index in [-0.39, 0.29) is 23.4 Å². The van der Waals surface area contributed by atoms with E-state index in [2.05, 4.69) is 20.1 Å². The van der Waals surface area contributed by atoms with E-state index in [0.717, 1.165) is 22.7 Å². The molecule has 0 bridgehead atoms. The van der Waals surface area contributed by atoms with Crippen LogP contribution in [0.5, 0.6) is 0 Å². The Labute approximate surface area is 203 Å². The van der Waals surface area contributed by atoms with E-state index in [4.69, 9.17) is 10.3 Å². The van der Waals surface area contributed by atoms with Gasteiger partial charge in [0, 0.05) is 38.1 Å². The van der Waals surface area contributed by atoms with Gasteiger partial charge < -0.3 is 14.3 Å². The molecule has 182 valence electrons. The predicted molar refractivity (Wildman–Crippen MR) is 130 cm³/mol. The molecule has 3 atom stereocenters. The average molecular weight is 496 g/mol. The summed E-state index contributed by atoms with van der Waals surface area (Å²) in [7, 11) is 3.79. The summed E-state index contributed by atoms with van der Waals surface area (Å²) in [6.45, 7) is 2.39. The second kappa shape index (κ2) is 9.24. The Morgan fingerprint density at radius 1 is 1.49 bits per heavy atom. The number of fused-ring (bicyclic) bond motifs is 1. The summed E-state index contributed by atoms with van der Waals surface area (Å²) in [5, 5.41) is 5.65. The van der Waals surface area contributed by atoms with Crippen LogP contribution in [0.15, 0.2) is 58.8 Å². The number of imidazole rings is 1. The van der Waals surface area contributed by atoms with Crippen LogP contribution in [0.2, 0.25) is 0 Å². The number of hydrogen-bond donors (Lipinski definition) is 2. The van der Waals surface area contributed by atoms with Crippen molar-refractivity contribution in [1.29, 1.82) is 0 Å². The van der Waals surface area contributed by atoms with Crippen molar-refractivity contribution in [1.82, 2.24) is 34.6 Å². The molecular formula is C23H26FN8O2P. The highest BCUT2D eigenvalue weighted by molar-refractivity contribution is 7.16. The fraction of sp³-hybridized carbons (Fsp3) is 0.304. The Hall–Kier alpha value is -3.56. The highest BCUT2D eigenvalue weighted by Crippen LogP contribution is 2.36. The second-order valence-corrected chi connectivity index (χ2v) is 9.08. The van der Waals surface area contributed by atoms with Crippen LogP contribution in [-0.2, 0) is 13.5 Å². The number of halogens is 1. The lowest BCUT2D eigenvalue weighted by Crippen LogP contribution is -2.40. The molecule has 0 saturated carbocycles. The van der Waals surface area contributed by atoms with Crippen LogP contribution in [0.3, 0.4) is 0 Å². The van der Waals surface area contributed by atoms with Gasteiger partial charge in [-0.15, -0.1) is 0 Å². The Bertz CT molecular complexity index is 1350. The number of hydrazine groups is 1. The first-order valence-corrected chi connectivity index (χ1v) is 11.8. The normalized spacial score (nSPS) is 19.7. The van der Waals surface area contributed by atoms with Crippen molar-refractivity contribution in [3.63, 3.8) is 0 Å². The maximum Gasteiger partial charge on any atom is 0.292 e. The van der Waals surface area contributed by atoms with Gasteiger partial charge in [0.2, 0.25) is 11.7 Å². The second-order valence-electron chi connectivity index (χ2n) is 8.49. The molecule has 2 aliphatic heterocycles. The largest absolute Gasteiger partial charge is 0.430 e. The molecular weight excluding hydrogens is 470 g/mol. The summed E-state index contributed by atoms with van der Waals surface area (Å²) in [4.78, 5) is 27.4.